The first kappa shape index (κ1) is 58.1. The number of nitrogens with one attached hydrogen (secondary N) is 1. The topological polar surface area (TPSA) is 307 Å². The zero-order chi connectivity index (χ0) is 47.7. The molecule has 0 aromatic heterocycles. The van der Waals surface area contributed by atoms with Crippen LogP contribution in [-0.2, 0) is 33.2 Å². The number of aliphatic hydroxyl groups excluding tert-OH is 11. The van der Waals surface area contributed by atoms with Gasteiger partial charge in [0.1, 0.15) is 73.2 Å². The number of hydrogen-bond acceptors (Lipinski definition) is 18. The molecule has 0 aromatic carbocycles. The third-order valence-electron chi connectivity index (χ3n) is 12.9. The van der Waals surface area contributed by atoms with Gasteiger partial charge < -0.3 is 89.9 Å². The van der Waals surface area contributed by atoms with Crippen molar-refractivity contribution in [3.63, 3.8) is 0 Å². The molecule has 3 rings (SSSR count). The van der Waals surface area contributed by atoms with Gasteiger partial charge in [-0.3, -0.25) is 4.79 Å². The van der Waals surface area contributed by atoms with E-state index in [2.05, 4.69) is 12.2 Å². The summed E-state index contributed by atoms with van der Waals surface area (Å²) in [6, 6.07) is -0.875. The maximum absolute atomic E-state index is 12.8. The van der Waals surface area contributed by atoms with Crippen LogP contribution in [-0.4, -0.2) is 193 Å². The fraction of sp³-hybridized carbons (Fsp3) is 0.978. The number of carbonyl (C=O) groups is 1. The lowest BCUT2D eigenvalue weighted by Gasteiger charge is -2.48. The van der Waals surface area contributed by atoms with E-state index in [-0.39, 0.29) is 18.9 Å². The molecule has 19 nitrogen and oxygen atoms in total. The molecule has 17 unspecified atom stereocenters. The molecule has 3 aliphatic heterocycles. The molecule has 1 amide bonds. The molecule has 0 spiro atoms. The molecule has 0 bridgehead atoms. The second-order valence-corrected chi connectivity index (χ2v) is 18.3. The molecule has 0 aromatic rings. The van der Waals surface area contributed by atoms with Crippen LogP contribution in [0.25, 0.3) is 0 Å². The number of carbonyl (C=O) groups excluding carboxylic acids is 1. The van der Waals surface area contributed by atoms with Gasteiger partial charge >= 0.3 is 0 Å². The summed E-state index contributed by atoms with van der Waals surface area (Å²) in [6.45, 7) is 1.51. The fourth-order valence-electron chi connectivity index (χ4n) is 8.70. The molecule has 3 aliphatic rings. The summed E-state index contributed by atoms with van der Waals surface area (Å²) in [4.78, 5) is 12.8. The predicted octanol–water partition coefficient (Wildman–Crippen LogP) is 0.919. The van der Waals surface area contributed by atoms with Crippen molar-refractivity contribution in [3.8, 4) is 0 Å². The Hall–Kier alpha value is -1.21. The molecule has 0 aliphatic carbocycles. The summed E-state index contributed by atoms with van der Waals surface area (Å²) in [5.41, 5.74) is 0. The van der Waals surface area contributed by atoms with Crippen molar-refractivity contribution in [2.75, 3.05) is 26.4 Å². The number of hydrogen-bond donors (Lipinski definition) is 12. The van der Waals surface area contributed by atoms with Crippen LogP contribution in [0.2, 0.25) is 0 Å². The van der Waals surface area contributed by atoms with E-state index in [1.807, 2.05) is 6.92 Å². The van der Waals surface area contributed by atoms with E-state index in [0.717, 1.165) is 32.1 Å². The van der Waals surface area contributed by atoms with Crippen molar-refractivity contribution in [1.82, 2.24) is 5.32 Å². The van der Waals surface area contributed by atoms with Crippen LogP contribution in [0.4, 0.5) is 0 Å². The highest BCUT2D eigenvalue weighted by atomic mass is 16.8. The molecule has 3 saturated heterocycles. The van der Waals surface area contributed by atoms with Crippen molar-refractivity contribution in [2.24, 2.45) is 0 Å². The van der Waals surface area contributed by atoms with Crippen molar-refractivity contribution in [3.05, 3.63) is 0 Å². The Bertz CT molecular complexity index is 1220. The average Bonchev–Trinajstić information content (AvgIpc) is 3.30. The Morgan fingerprint density at radius 2 is 0.877 bits per heavy atom. The molecule has 384 valence electrons. The van der Waals surface area contributed by atoms with Gasteiger partial charge in [-0.15, -0.1) is 0 Å². The zero-order valence-corrected chi connectivity index (χ0v) is 39.0. The first-order chi connectivity index (χ1) is 31.3. The summed E-state index contributed by atoms with van der Waals surface area (Å²) in [5.74, 6) is -0.278. The van der Waals surface area contributed by atoms with E-state index in [4.69, 9.17) is 28.4 Å². The highest BCUT2D eigenvalue weighted by Gasteiger charge is 2.53. The number of aliphatic hydroxyl groups is 11. The Labute approximate surface area is 385 Å². The van der Waals surface area contributed by atoms with Gasteiger partial charge in [-0.1, -0.05) is 136 Å². The van der Waals surface area contributed by atoms with Gasteiger partial charge in [0.2, 0.25) is 5.91 Å². The lowest BCUT2D eigenvalue weighted by molar-refractivity contribution is -0.379. The number of unbranched alkanes of at least 4 members (excludes halogenated alkanes) is 18. The zero-order valence-electron chi connectivity index (χ0n) is 39.0. The van der Waals surface area contributed by atoms with Crippen molar-refractivity contribution in [1.29, 1.82) is 0 Å². The minimum Gasteiger partial charge on any atom is -0.394 e. The quantitative estimate of drug-likeness (QED) is 0.0399. The molecule has 17 atom stereocenters. The van der Waals surface area contributed by atoms with Gasteiger partial charge in [0.05, 0.1) is 38.6 Å². The number of amides is 1. The summed E-state index contributed by atoms with van der Waals surface area (Å²) >= 11 is 0. The maximum Gasteiger partial charge on any atom is 0.220 e. The third-order valence-corrected chi connectivity index (χ3v) is 12.9. The first-order valence-electron chi connectivity index (χ1n) is 24.8. The normalized spacial score (nSPS) is 34.1. The Balaban J connectivity index is 1.45. The lowest BCUT2D eigenvalue weighted by atomic mass is 9.96. The summed E-state index contributed by atoms with van der Waals surface area (Å²) in [6.07, 6.45) is -2.05. The second kappa shape index (κ2) is 32.6. The van der Waals surface area contributed by atoms with E-state index in [1.165, 1.54) is 89.9 Å². The monoisotopic (exact) mass is 942 g/mol. The van der Waals surface area contributed by atoms with Gasteiger partial charge in [-0.25, -0.2) is 0 Å². The van der Waals surface area contributed by atoms with Gasteiger partial charge in [0, 0.05) is 6.42 Å². The van der Waals surface area contributed by atoms with Crippen LogP contribution in [0.15, 0.2) is 0 Å². The molecule has 3 fully saturated rings. The van der Waals surface area contributed by atoms with E-state index in [1.54, 1.807) is 0 Å². The van der Waals surface area contributed by atoms with Crippen LogP contribution >= 0.6 is 0 Å². The molecular formula is C46H87NO18. The Morgan fingerprint density at radius 3 is 1.32 bits per heavy atom. The van der Waals surface area contributed by atoms with Crippen molar-refractivity contribution < 1.29 is 89.4 Å². The SMILES string of the molecule is CCCCCCCCCCCCCCCCCCCCC(O)C(COC1OC(CO)C(OC2OC(CO)C(OC3OC(CO)C(O)C(O)C3O)C(O)C2O)C(O)C1O)NC(=O)CCCC. The first-order valence-corrected chi connectivity index (χ1v) is 24.8. The summed E-state index contributed by atoms with van der Waals surface area (Å²) in [5, 5.41) is 119. The highest BCUT2D eigenvalue weighted by Crippen LogP contribution is 2.33. The summed E-state index contributed by atoms with van der Waals surface area (Å²) in [7, 11) is 0. The van der Waals surface area contributed by atoms with Gasteiger partial charge in [0.15, 0.2) is 18.9 Å². The average molecular weight is 942 g/mol. The molecule has 65 heavy (non-hydrogen) atoms. The fourth-order valence-corrected chi connectivity index (χ4v) is 8.70. The minimum atomic E-state index is -1.96. The van der Waals surface area contributed by atoms with Crippen LogP contribution < -0.4 is 5.32 Å². The standard InChI is InChI=1S/C46H87NO18/c1-3-5-7-8-9-10-11-12-13-14-15-16-17-18-19-20-21-22-23-30(51)29(47-34(52)24-6-4-2)28-60-44-40(58)37(55)42(32(26-49)62-44)65-46-41(59)38(56)43(33(27-50)63-46)64-45-39(57)36(54)35(53)31(25-48)61-45/h29-33,35-46,48-51,53-59H,3-28H2,1-2H3,(H,47,52). The molecule has 19 heteroatoms. The smallest absolute Gasteiger partial charge is 0.220 e. The Morgan fingerprint density at radius 1 is 0.492 bits per heavy atom. The molecule has 0 radical (unpaired) electrons. The van der Waals surface area contributed by atoms with Crippen molar-refractivity contribution in [2.45, 2.75) is 259 Å². The van der Waals surface area contributed by atoms with E-state index in [9.17, 15) is 61.0 Å². The predicted molar refractivity (Wildman–Crippen MR) is 236 cm³/mol. The Kier molecular flexibility index (Phi) is 29.1. The van der Waals surface area contributed by atoms with E-state index >= 15 is 0 Å². The van der Waals surface area contributed by atoms with Crippen LogP contribution in [0.5, 0.6) is 0 Å². The maximum atomic E-state index is 12.8. The largest absolute Gasteiger partial charge is 0.394 e. The molecule has 12 N–H and O–H groups in total. The van der Waals surface area contributed by atoms with E-state index in [0.29, 0.717) is 12.8 Å². The summed E-state index contributed by atoms with van der Waals surface area (Å²) < 4.78 is 33.9. The molecule has 0 saturated carbocycles. The van der Waals surface area contributed by atoms with Gasteiger partial charge in [-0.05, 0) is 12.8 Å². The van der Waals surface area contributed by atoms with Crippen LogP contribution in [0.3, 0.4) is 0 Å². The number of ether oxygens (including phenoxy) is 6. The van der Waals surface area contributed by atoms with Gasteiger partial charge in [0.25, 0.3) is 0 Å². The van der Waals surface area contributed by atoms with Crippen LogP contribution in [0, 0.1) is 0 Å². The number of rotatable bonds is 34. The highest BCUT2D eigenvalue weighted by molar-refractivity contribution is 5.76. The van der Waals surface area contributed by atoms with E-state index < -0.39 is 124 Å². The van der Waals surface area contributed by atoms with Gasteiger partial charge in [-0.2, -0.15) is 0 Å². The molecule has 3 heterocycles. The van der Waals surface area contributed by atoms with Crippen molar-refractivity contribution >= 4 is 5.91 Å². The van der Waals surface area contributed by atoms with Crippen LogP contribution in [0.1, 0.15) is 155 Å². The third kappa shape index (κ3) is 19.2. The second-order valence-electron chi connectivity index (χ2n) is 18.3. The molecular weight excluding hydrogens is 854 g/mol. The minimum absolute atomic E-state index is 0.243. The lowest BCUT2D eigenvalue weighted by Crippen LogP contribution is -2.66.